The van der Waals surface area contributed by atoms with Gasteiger partial charge in [0.1, 0.15) is 34.9 Å². The van der Waals surface area contributed by atoms with E-state index in [4.69, 9.17) is 4.99 Å². The number of halogens is 1. The van der Waals surface area contributed by atoms with E-state index < -0.39 is 0 Å². The average molecular weight is 511 g/mol. The number of nitrogens with zero attached hydrogens (tertiary/aromatic N) is 6. The summed E-state index contributed by atoms with van der Waals surface area (Å²) in [4.78, 5) is 13.7. The number of aliphatic imine (C=N–C) groups is 1. The van der Waals surface area contributed by atoms with Crippen molar-refractivity contribution >= 4 is 17.1 Å². The quantitative estimate of drug-likeness (QED) is 0.440. The van der Waals surface area contributed by atoms with Gasteiger partial charge < -0.3 is 9.80 Å². The number of fused-ring (bicyclic) bond motifs is 1. The standard InChI is InChI=1S/C31H35FN6/c1-20-26(18-34)30(29-27(37(20)5)16-13-24(17-33)36-29)38(6)25-14-9-22(10-15-25)28(35-19-31(2,3)4)21-7-11-23(32)12-8-21/h7-8,11-13,16,22,25H,1,9-10,14-15,19H2,2-6H3/b35-28-. The molecular formula is C31H35FN6. The van der Waals surface area contributed by atoms with Gasteiger partial charge in [-0.05, 0) is 60.9 Å². The van der Waals surface area contributed by atoms with Gasteiger partial charge in [-0.2, -0.15) is 10.5 Å². The summed E-state index contributed by atoms with van der Waals surface area (Å²) >= 11 is 0. The van der Waals surface area contributed by atoms with E-state index in [1.165, 1.54) is 12.1 Å². The molecule has 1 aromatic carbocycles. The van der Waals surface area contributed by atoms with Gasteiger partial charge in [-0.1, -0.05) is 39.5 Å². The third-order valence-electron chi connectivity index (χ3n) is 7.46. The van der Waals surface area contributed by atoms with Gasteiger partial charge in [0, 0.05) is 38.3 Å². The first kappa shape index (κ1) is 27.1. The number of nitriles is 2. The predicted molar refractivity (Wildman–Crippen MR) is 150 cm³/mol. The van der Waals surface area contributed by atoms with E-state index in [9.17, 15) is 14.9 Å². The van der Waals surface area contributed by atoms with E-state index in [1.54, 1.807) is 6.07 Å². The molecule has 2 aliphatic rings. The summed E-state index contributed by atoms with van der Waals surface area (Å²) in [6.45, 7) is 11.4. The van der Waals surface area contributed by atoms with Gasteiger partial charge in [0.15, 0.2) is 0 Å². The van der Waals surface area contributed by atoms with Crippen LogP contribution in [0.25, 0.3) is 5.70 Å². The highest BCUT2D eigenvalue weighted by molar-refractivity contribution is 6.02. The SMILES string of the molecule is C=C1C(C#N)=C(N(C)C2CCC(/C(=N\CC(C)(C)C)c3ccc(F)cc3)CC2)c2nc(C#N)ccc2N1C. The van der Waals surface area contributed by atoms with E-state index in [1.807, 2.05) is 37.2 Å². The molecule has 2 aromatic rings. The second-order valence-corrected chi connectivity index (χ2v) is 11.4. The van der Waals surface area contributed by atoms with Gasteiger partial charge in [0.05, 0.1) is 17.1 Å². The summed E-state index contributed by atoms with van der Waals surface area (Å²) in [5, 5.41) is 19.5. The van der Waals surface area contributed by atoms with Crippen molar-refractivity contribution in [2.75, 3.05) is 25.5 Å². The second-order valence-electron chi connectivity index (χ2n) is 11.4. The third kappa shape index (κ3) is 5.48. The summed E-state index contributed by atoms with van der Waals surface area (Å²) < 4.78 is 13.6. The topological polar surface area (TPSA) is 79.3 Å². The molecule has 1 aromatic heterocycles. The summed E-state index contributed by atoms with van der Waals surface area (Å²) in [5.41, 5.74) is 5.70. The van der Waals surface area contributed by atoms with Crippen molar-refractivity contribution in [3.05, 3.63) is 77.0 Å². The molecule has 1 saturated carbocycles. The van der Waals surface area contributed by atoms with Crippen molar-refractivity contribution < 1.29 is 4.39 Å². The Morgan fingerprint density at radius 3 is 2.34 bits per heavy atom. The van der Waals surface area contributed by atoms with Crippen molar-refractivity contribution in [3.63, 3.8) is 0 Å². The van der Waals surface area contributed by atoms with Crippen LogP contribution < -0.4 is 4.90 Å². The molecule has 0 saturated heterocycles. The van der Waals surface area contributed by atoms with E-state index in [0.29, 0.717) is 29.2 Å². The number of aromatic nitrogens is 1. The first-order valence-corrected chi connectivity index (χ1v) is 13.1. The fraction of sp³-hybridized carbons (Fsp3) is 0.419. The van der Waals surface area contributed by atoms with Gasteiger partial charge in [0.25, 0.3) is 0 Å². The number of allylic oxidation sites excluding steroid dienone is 1. The Labute approximate surface area is 225 Å². The smallest absolute Gasteiger partial charge is 0.141 e. The monoisotopic (exact) mass is 510 g/mol. The summed E-state index contributed by atoms with van der Waals surface area (Å²) in [7, 11) is 3.87. The maximum atomic E-state index is 13.6. The molecule has 196 valence electrons. The number of hydrogen-bond donors (Lipinski definition) is 0. The van der Waals surface area contributed by atoms with Crippen LogP contribution in [0.4, 0.5) is 10.1 Å². The molecule has 1 aliphatic heterocycles. The first-order chi connectivity index (χ1) is 18.0. The number of benzene rings is 1. The van der Waals surface area contributed by atoms with Crippen molar-refractivity contribution in [2.45, 2.75) is 52.5 Å². The third-order valence-corrected chi connectivity index (χ3v) is 7.46. The van der Waals surface area contributed by atoms with E-state index >= 15 is 0 Å². The Morgan fingerprint density at radius 1 is 1.11 bits per heavy atom. The van der Waals surface area contributed by atoms with Crippen molar-refractivity contribution in [1.82, 2.24) is 9.88 Å². The molecule has 7 heteroatoms. The minimum Gasteiger partial charge on any atom is -0.369 e. The fourth-order valence-corrected chi connectivity index (χ4v) is 5.31. The summed E-state index contributed by atoms with van der Waals surface area (Å²) in [5.74, 6) is 0.0314. The molecule has 2 heterocycles. The van der Waals surface area contributed by atoms with Crippen molar-refractivity contribution in [1.29, 1.82) is 10.5 Å². The summed E-state index contributed by atoms with van der Waals surface area (Å²) in [6.07, 6.45) is 3.69. The van der Waals surface area contributed by atoms with Crippen LogP contribution in [0.1, 0.15) is 63.4 Å². The zero-order chi connectivity index (χ0) is 27.6. The zero-order valence-electron chi connectivity index (χ0n) is 22.9. The molecule has 0 N–H and O–H groups in total. The molecular weight excluding hydrogens is 475 g/mol. The Balaban J connectivity index is 1.61. The van der Waals surface area contributed by atoms with Crippen LogP contribution in [-0.4, -0.2) is 42.3 Å². The van der Waals surface area contributed by atoms with Crippen LogP contribution in [0.5, 0.6) is 0 Å². The predicted octanol–water partition coefficient (Wildman–Crippen LogP) is 6.32. The highest BCUT2D eigenvalue weighted by Crippen LogP contribution is 2.41. The Morgan fingerprint density at radius 2 is 1.76 bits per heavy atom. The minimum absolute atomic E-state index is 0.0576. The number of anilines is 1. The molecule has 0 amide bonds. The van der Waals surface area contributed by atoms with E-state index in [2.05, 4.69) is 49.4 Å². The molecule has 1 aliphatic carbocycles. The van der Waals surface area contributed by atoms with Crippen LogP contribution in [0.2, 0.25) is 0 Å². The lowest BCUT2D eigenvalue weighted by molar-refractivity contribution is 0.246. The van der Waals surface area contributed by atoms with E-state index in [0.717, 1.165) is 48.3 Å². The zero-order valence-corrected chi connectivity index (χ0v) is 22.9. The van der Waals surface area contributed by atoms with Crippen LogP contribution in [0.3, 0.4) is 0 Å². The van der Waals surface area contributed by atoms with Crippen LogP contribution >= 0.6 is 0 Å². The van der Waals surface area contributed by atoms with Crippen molar-refractivity contribution in [3.8, 4) is 12.1 Å². The molecule has 4 rings (SSSR count). The van der Waals surface area contributed by atoms with Gasteiger partial charge in [-0.3, -0.25) is 4.99 Å². The number of likely N-dealkylation sites (N-methyl/N-ethyl adjacent to an activating group) is 1. The Bertz CT molecular complexity index is 1360. The minimum atomic E-state index is -0.246. The molecule has 0 atom stereocenters. The first-order valence-electron chi connectivity index (χ1n) is 13.1. The summed E-state index contributed by atoms with van der Waals surface area (Å²) in [6, 6.07) is 14.9. The largest absolute Gasteiger partial charge is 0.369 e. The molecule has 0 radical (unpaired) electrons. The van der Waals surface area contributed by atoms with Crippen LogP contribution in [0.15, 0.2) is 59.2 Å². The van der Waals surface area contributed by atoms with Gasteiger partial charge in [-0.15, -0.1) is 0 Å². The number of pyridine rings is 1. The lowest BCUT2D eigenvalue weighted by Gasteiger charge is -2.40. The normalized spacial score (nSPS) is 20.1. The maximum Gasteiger partial charge on any atom is 0.141 e. The fourth-order valence-electron chi connectivity index (χ4n) is 5.31. The highest BCUT2D eigenvalue weighted by Gasteiger charge is 2.34. The molecule has 0 spiro atoms. The number of rotatable bonds is 5. The van der Waals surface area contributed by atoms with Crippen molar-refractivity contribution in [2.24, 2.45) is 16.3 Å². The van der Waals surface area contributed by atoms with E-state index in [-0.39, 0.29) is 23.2 Å². The lowest BCUT2D eigenvalue weighted by atomic mass is 9.80. The molecule has 0 unspecified atom stereocenters. The Kier molecular flexibility index (Phi) is 7.69. The molecule has 1 fully saturated rings. The lowest BCUT2D eigenvalue weighted by Crippen LogP contribution is -2.38. The highest BCUT2D eigenvalue weighted by atomic mass is 19.1. The van der Waals surface area contributed by atoms with Gasteiger partial charge >= 0.3 is 0 Å². The molecule has 6 nitrogen and oxygen atoms in total. The molecule has 0 bridgehead atoms. The maximum absolute atomic E-state index is 13.6. The van der Waals surface area contributed by atoms with Gasteiger partial charge in [-0.25, -0.2) is 9.37 Å². The molecule has 38 heavy (non-hydrogen) atoms. The Hall–Kier alpha value is -3.97. The average Bonchev–Trinajstić information content (AvgIpc) is 2.90. The van der Waals surface area contributed by atoms with Crippen LogP contribution in [-0.2, 0) is 0 Å². The second kappa shape index (κ2) is 10.8. The van der Waals surface area contributed by atoms with Gasteiger partial charge in [0.2, 0.25) is 0 Å². The van der Waals surface area contributed by atoms with Crippen LogP contribution in [0, 0.1) is 39.8 Å². The number of hydrogen-bond acceptors (Lipinski definition) is 6.